The third-order valence-corrected chi connectivity index (χ3v) is 5.36. The smallest absolute Gasteiger partial charge is 0.330 e. The van der Waals surface area contributed by atoms with Gasteiger partial charge < -0.3 is 9.84 Å². The molecule has 0 bridgehead atoms. The van der Waals surface area contributed by atoms with Crippen molar-refractivity contribution in [2.75, 3.05) is 0 Å². The van der Waals surface area contributed by atoms with Crippen molar-refractivity contribution in [1.82, 2.24) is 24.6 Å². The third kappa shape index (κ3) is 3.94. The Morgan fingerprint density at radius 2 is 2.10 bits per heavy atom. The van der Waals surface area contributed by atoms with Crippen molar-refractivity contribution in [2.24, 2.45) is 12.5 Å². The number of aryl methyl sites for hydroxylation is 1. The SMILES string of the molecule is Cn1c(=O)n(CC(C)(C)C)c2ccc(C3=CCC(NC(=O)c4ccon4)CC3)nc21. The molecule has 1 amide bonds. The minimum absolute atomic E-state index is 0.00585. The van der Waals surface area contributed by atoms with E-state index in [9.17, 15) is 9.59 Å². The van der Waals surface area contributed by atoms with Gasteiger partial charge in [-0.3, -0.25) is 13.9 Å². The first kappa shape index (κ1) is 20.1. The molecule has 0 aromatic carbocycles. The summed E-state index contributed by atoms with van der Waals surface area (Å²) in [6.07, 6.45) is 5.86. The summed E-state index contributed by atoms with van der Waals surface area (Å²) in [5.41, 5.74) is 3.82. The maximum atomic E-state index is 12.7. The van der Waals surface area contributed by atoms with E-state index >= 15 is 0 Å². The molecular weight excluding hydrogens is 382 g/mol. The van der Waals surface area contributed by atoms with Crippen LogP contribution in [0.25, 0.3) is 16.7 Å². The van der Waals surface area contributed by atoms with Crippen LogP contribution >= 0.6 is 0 Å². The van der Waals surface area contributed by atoms with Gasteiger partial charge in [-0.25, -0.2) is 9.78 Å². The van der Waals surface area contributed by atoms with Crippen LogP contribution in [0.2, 0.25) is 0 Å². The highest BCUT2D eigenvalue weighted by molar-refractivity contribution is 5.92. The molecule has 0 fully saturated rings. The van der Waals surface area contributed by atoms with Gasteiger partial charge in [0.15, 0.2) is 11.3 Å². The van der Waals surface area contributed by atoms with Crippen molar-refractivity contribution >= 4 is 22.6 Å². The topological polar surface area (TPSA) is 95.0 Å². The molecule has 1 aliphatic carbocycles. The molecule has 0 saturated heterocycles. The predicted octanol–water partition coefficient (Wildman–Crippen LogP) is 3.14. The molecule has 1 N–H and O–H groups in total. The normalized spacial score (nSPS) is 17.2. The van der Waals surface area contributed by atoms with Crippen molar-refractivity contribution < 1.29 is 9.32 Å². The number of carbonyl (C=O) groups is 1. The number of imidazole rings is 1. The number of pyridine rings is 1. The second kappa shape index (κ2) is 7.59. The van der Waals surface area contributed by atoms with Crippen molar-refractivity contribution in [3.8, 4) is 0 Å². The zero-order chi connectivity index (χ0) is 21.5. The first-order valence-electron chi connectivity index (χ1n) is 10.2. The van der Waals surface area contributed by atoms with Crippen LogP contribution in [0.5, 0.6) is 0 Å². The summed E-state index contributed by atoms with van der Waals surface area (Å²) in [6.45, 7) is 6.99. The highest BCUT2D eigenvalue weighted by Gasteiger charge is 2.22. The molecule has 8 heteroatoms. The second-order valence-electron chi connectivity index (χ2n) is 9.09. The molecule has 3 heterocycles. The van der Waals surface area contributed by atoms with Crippen molar-refractivity contribution in [3.05, 3.63) is 52.4 Å². The second-order valence-corrected chi connectivity index (χ2v) is 9.09. The van der Waals surface area contributed by atoms with Crippen LogP contribution in [-0.4, -0.2) is 31.2 Å². The number of hydrogen-bond donors (Lipinski definition) is 1. The Hall–Kier alpha value is -3.16. The van der Waals surface area contributed by atoms with Crippen LogP contribution in [0.15, 0.2) is 39.9 Å². The number of allylic oxidation sites excluding steroid dienone is 1. The Morgan fingerprint density at radius 3 is 2.73 bits per heavy atom. The Morgan fingerprint density at radius 1 is 1.30 bits per heavy atom. The van der Waals surface area contributed by atoms with Gasteiger partial charge in [0.1, 0.15) is 6.26 Å². The first-order valence-corrected chi connectivity index (χ1v) is 10.2. The van der Waals surface area contributed by atoms with Crippen LogP contribution < -0.4 is 11.0 Å². The van der Waals surface area contributed by atoms with Crippen molar-refractivity contribution in [1.29, 1.82) is 0 Å². The number of fused-ring (bicyclic) bond motifs is 1. The molecule has 0 saturated carbocycles. The molecule has 0 aliphatic heterocycles. The van der Waals surface area contributed by atoms with Gasteiger partial charge in [0.2, 0.25) is 0 Å². The summed E-state index contributed by atoms with van der Waals surface area (Å²) in [4.78, 5) is 29.7. The quantitative estimate of drug-likeness (QED) is 0.714. The lowest BCUT2D eigenvalue weighted by atomic mass is 9.93. The molecule has 3 aromatic heterocycles. The van der Waals surface area contributed by atoms with E-state index in [2.05, 4.69) is 37.3 Å². The first-order chi connectivity index (χ1) is 14.2. The fourth-order valence-electron chi connectivity index (χ4n) is 3.87. The number of nitrogens with one attached hydrogen (secondary N) is 1. The number of aromatic nitrogens is 4. The van der Waals surface area contributed by atoms with Gasteiger partial charge in [0, 0.05) is 25.7 Å². The Kier molecular flexibility index (Phi) is 5.09. The summed E-state index contributed by atoms with van der Waals surface area (Å²) >= 11 is 0. The predicted molar refractivity (Wildman–Crippen MR) is 114 cm³/mol. The van der Waals surface area contributed by atoms with Crippen LogP contribution in [0.3, 0.4) is 0 Å². The van der Waals surface area contributed by atoms with Gasteiger partial charge in [0.25, 0.3) is 5.91 Å². The van der Waals surface area contributed by atoms with Crippen LogP contribution in [0.4, 0.5) is 0 Å². The summed E-state index contributed by atoms with van der Waals surface area (Å²) in [6, 6.07) is 5.58. The van der Waals surface area contributed by atoms with E-state index in [-0.39, 0.29) is 28.7 Å². The highest BCUT2D eigenvalue weighted by Crippen LogP contribution is 2.28. The van der Waals surface area contributed by atoms with Gasteiger partial charge in [-0.2, -0.15) is 0 Å². The zero-order valence-electron chi connectivity index (χ0n) is 17.8. The molecule has 1 aliphatic rings. The summed E-state index contributed by atoms with van der Waals surface area (Å²) in [5.74, 6) is -0.222. The van der Waals surface area contributed by atoms with E-state index in [4.69, 9.17) is 9.51 Å². The van der Waals surface area contributed by atoms with Crippen LogP contribution in [0, 0.1) is 5.41 Å². The van der Waals surface area contributed by atoms with Gasteiger partial charge in [-0.15, -0.1) is 0 Å². The molecule has 1 atom stereocenters. The average molecular weight is 409 g/mol. The minimum Gasteiger partial charge on any atom is -0.364 e. The maximum Gasteiger partial charge on any atom is 0.330 e. The minimum atomic E-state index is -0.222. The number of amides is 1. The van der Waals surface area contributed by atoms with Crippen molar-refractivity contribution in [2.45, 2.75) is 52.6 Å². The molecule has 1 unspecified atom stereocenters. The Bertz CT molecular complexity index is 1160. The zero-order valence-corrected chi connectivity index (χ0v) is 17.8. The Labute approximate surface area is 174 Å². The van der Waals surface area contributed by atoms with Crippen LogP contribution in [0.1, 0.15) is 56.2 Å². The van der Waals surface area contributed by atoms with Gasteiger partial charge >= 0.3 is 5.69 Å². The largest absolute Gasteiger partial charge is 0.364 e. The molecule has 8 nitrogen and oxygen atoms in total. The van der Waals surface area contributed by atoms with Crippen molar-refractivity contribution in [3.63, 3.8) is 0 Å². The fourth-order valence-corrected chi connectivity index (χ4v) is 3.87. The molecule has 30 heavy (non-hydrogen) atoms. The lowest BCUT2D eigenvalue weighted by Gasteiger charge is -2.22. The van der Waals surface area contributed by atoms with E-state index in [0.29, 0.717) is 12.2 Å². The number of hydrogen-bond acceptors (Lipinski definition) is 5. The monoisotopic (exact) mass is 409 g/mol. The van der Waals surface area contributed by atoms with E-state index in [1.165, 1.54) is 6.26 Å². The third-order valence-electron chi connectivity index (χ3n) is 5.36. The van der Waals surface area contributed by atoms with E-state index in [0.717, 1.165) is 36.0 Å². The van der Waals surface area contributed by atoms with Gasteiger partial charge in [-0.1, -0.05) is 32.0 Å². The van der Waals surface area contributed by atoms with E-state index in [1.54, 1.807) is 22.2 Å². The highest BCUT2D eigenvalue weighted by atomic mass is 16.5. The number of rotatable bonds is 4. The van der Waals surface area contributed by atoms with E-state index in [1.807, 2.05) is 12.1 Å². The van der Waals surface area contributed by atoms with E-state index < -0.39 is 0 Å². The molecule has 158 valence electrons. The lowest BCUT2D eigenvalue weighted by molar-refractivity contribution is 0.0926. The molecule has 3 aromatic rings. The summed E-state index contributed by atoms with van der Waals surface area (Å²) in [7, 11) is 1.77. The fraction of sp³-hybridized carbons (Fsp3) is 0.455. The molecule has 4 rings (SSSR count). The summed E-state index contributed by atoms with van der Waals surface area (Å²) < 4.78 is 8.15. The van der Waals surface area contributed by atoms with Crippen LogP contribution in [-0.2, 0) is 13.6 Å². The van der Waals surface area contributed by atoms with Gasteiger partial charge in [0.05, 0.1) is 11.2 Å². The molecular formula is C22H27N5O3. The average Bonchev–Trinajstić information content (AvgIpc) is 3.32. The standard InChI is InChI=1S/C22H27N5O3/c1-22(2,3)13-27-18-10-9-16(24-19(18)26(4)21(27)29)14-5-7-15(8-6-14)23-20(28)17-11-12-30-25-17/h5,9-12,15H,6-8,13H2,1-4H3,(H,23,28). The number of carbonyl (C=O) groups excluding carboxylic acids is 1. The summed E-state index contributed by atoms with van der Waals surface area (Å²) in [5, 5.41) is 6.66. The maximum absolute atomic E-state index is 12.7. The lowest BCUT2D eigenvalue weighted by Crippen LogP contribution is -2.35. The molecule has 0 spiro atoms. The van der Waals surface area contributed by atoms with Gasteiger partial charge in [-0.05, 0) is 42.4 Å². The Balaban J connectivity index is 1.54. The molecule has 0 radical (unpaired) electrons. The number of nitrogens with zero attached hydrogens (tertiary/aromatic N) is 4.